The minimum Gasteiger partial charge on any atom is -0.452 e. The molecule has 6 heteroatoms. The summed E-state index contributed by atoms with van der Waals surface area (Å²) < 4.78 is 18.8. The van der Waals surface area contributed by atoms with Gasteiger partial charge in [0.15, 0.2) is 6.61 Å². The number of fused-ring (bicyclic) bond motifs is 1. The smallest absolute Gasteiger partial charge is 0.339 e. The van der Waals surface area contributed by atoms with Crippen LogP contribution < -0.4 is 0 Å². The first-order valence-electron chi connectivity index (χ1n) is 10.6. The van der Waals surface area contributed by atoms with Crippen LogP contribution in [0.5, 0.6) is 0 Å². The Bertz CT molecular complexity index is 1100. The maximum atomic E-state index is 13.3. The topological polar surface area (TPSA) is 59.5 Å². The predicted octanol–water partition coefficient (Wildman–Crippen LogP) is 4.99. The van der Waals surface area contributed by atoms with Crippen molar-refractivity contribution in [1.82, 2.24) is 9.88 Å². The summed E-state index contributed by atoms with van der Waals surface area (Å²) in [5.41, 5.74) is 2.18. The number of piperidine rings is 1. The summed E-state index contributed by atoms with van der Waals surface area (Å²) >= 11 is 0. The van der Waals surface area contributed by atoms with Gasteiger partial charge in [-0.2, -0.15) is 0 Å². The van der Waals surface area contributed by atoms with E-state index in [2.05, 4.69) is 4.98 Å². The molecule has 1 amide bonds. The Balaban J connectivity index is 1.59. The lowest BCUT2D eigenvalue weighted by Crippen LogP contribution is -2.49. The van der Waals surface area contributed by atoms with E-state index in [0.717, 1.165) is 19.3 Å². The van der Waals surface area contributed by atoms with Crippen molar-refractivity contribution >= 4 is 22.8 Å². The number of pyridine rings is 1. The van der Waals surface area contributed by atoms with E-state index >= 15 is 0 Å². The molecule has 2 atom stereocenters. The Morgan fingerprint density at radius 2 is 1.74 bits per heavy atom. The standard InChI is InChI=1S/C25H25FN2O3/c1-16-6-5-7-17(2)28(16)24(29)15-31-25(30)21-14-23(18-10-12-19(26)13-11-18)27-22-9-4-3-8-20(21)22/h3-4,8-14,16-17H,5-7,15H2,1-2H3/t16-,17+. The highest BCUT2D eigenvalue weighted by Gasteiger charge is 2.29. The minimum atomic E-state index is -0.576. The number of benzene rings is 2. The molecule has 31 heavy (non-hydrogen) atoms. The van der Waals surface area contributed by atoms with E-state index in [4.69, 9.17) is 4.74 Å². The number of nitrogens with zero attached hydrogens (tertiary/aromatic N) is 2. The summed E-state index contributed by atoms with van der Waals surface area (Å²) in [7, 11) is 0. The van der Waals surface area contributed by atoms with Crippen molar-refractivity contribution in [2.75, 3.05) is 6.61 Å². The lowest BCUT2D eigenvalue weighted by molar-refractivity contribution is -0.140. The molecule has 1 aliphatic heterocycles. The van der Waals surface area contributed by atoms with Crippen molar-refractivity contribution in [3.05, 3.63) is 66.0 Å². The van der Waals surface area contributed by atoms with Crippen LogP contribution in [0.3, 0.4) is 0 Å². The third-order valence-corrected chi connectivity index (χ3v) is 5.88. The first kappa shape index (κ1) is 21.0. The van der Waals surface area contributed by atoms with E-state index in [1.165, 1.54) is 12.1 Å². The molecule has 4 rings (SSSR count). The number of carbonyl (C=O) groups excluding carboxylic acids is 2. The van der Waals surface area contributed by atoms with Gasteiger partial charge in [0, 0.05) is 23.0 Å². The molecule has 1 fully saturated rings. The van der Waals surface area contributed by atoms with Crippen molar-refractivity contribution in [3.8, 4) is 11.3 Å². The Labute approximate surface area is 180 Å². The first-order valence-corrected chi connectivity index (χ1v) is 10.6. The summed E-state index contributed by atoms with van der Waals surface area (Å²) in [6.45, 7) is 3.76. The molecule has 0 aliphatic carbocycles. The van der Waals surface area contributed by atoms with Crippen LogP contribution >= 0.6 is 0 Å². The van der Waals surface area contributed by atoms with Gasteiger partial charge in [0.25, 0.3) is 5.91 Å². The molecule has 2 aromatic carbocycles. The van der Waals surface area contributed by atoms with Gasteiger partial charge in [-0.15, -0.1) is 0 Å². The van der Waals surface area contributed by atoms with Crippen LogP contribution in [0, 0.1) is 5.82 Å². The second-order valence-corrected chi connectivity index (χ2v) is 8.09. The fourth-order valence-corrected chi connectivity index (χ4v) is 4.31. The summed E-state index contributed by atoms with van der Waals surface area (Å²) in [5.74, 6) is -1.10. The van der Waals surface area contributed by atoms with Crippen LogP contribution in [-0.2, 0) is 9.53 Å². The third-order valence-electron chi connectivity index (χ3n) is 5.88. The molecule has 0 saturated carbocycles. The summed E-state index contributed by atoms with van der Waals surface area (Å²) in [5, 5.41) is 0.644. The maximum absolute atomic E-state index is 13.3. The highest BCUT2D eigenvalue weighted by Crippen LogP contribution is 2.26. The average molecular weight is 420 g/mol. The molecule has 0 spiro atoms. The van der Waals surface area contributed by atoms with Gasteiger partial charge in [0.2, 0.25) is 0 Å². The van der Waals surface area contributed by atoms with E-state index in [1.54, 1.807) is 30.3 Å². The quantitative estimate of drug-likeness (QED) is 0.558. The molecule has 1 saturated heterocycles. The first-order chi connectivity index (χ1) is 14.9. The largest absolute Gasteiger partial charge is 0.452 e. The highest BCUT2D eigenvalue weighted by atomic mass is 19.1. The molecule has 1 aliphatic rings. The van der Waals surface area contributed by atoms with Crippen molar-refractivity contribution < 1.29 is 18.7 Å². The number of ether oxygens (including phenoxy) is 1. The van der Waals surface area contributed by atoms with Gasteiger partial charge in [0.1, 0.15) is 5.82 Å². The Hall–Kier alpha value is -3.28. The van der Waals surface area contributed by atoms with Gasteiger partial charge in [0.05, 0.1) is 16.8 Å². The molecular weight excluding hydrogens is 395 g/mol. The van der Waals surface area contributed by atoms with Gasteiger partial charge in [-0.25, -0.2) is 14.2 Å². The van der Waals surface area contributed by atoms with E-state index in [1.807, 2.05) is 30.9 Å². The number of amides is 1. The number of para-hydroxylation sites is 1. The number of halogens is 1. The van der Waals surface area contributed by atoms with E-state index in [0.29, 0.717) is 27.7 Å². The number of aromatic nitrogens is 1. The molecular formula is C25H25FN2O3. The van der Waals surface area contributed by atoms with E-state index in [-0.39, 0.29) is 30.4 Å². The summed E-state index contributed by atoms with van der Waals surface area (Å²) in [6, 6.07) is 15.1. The number of hydrogen-bond acceptors (Lipinski definition) is 4. The molecule has 160 valence electrons. The zero-order chi connectivity index (χ0) is 22.0. The molecule has 0 radical (unpaired) electrons. The van der Waals surface area contributed by atoms with Crippen LogP contribution in [0.1, 0.15) is 43.5 Å². The normalized spacial score (nSPS) is 18.7. The van der Waals surface area contributed by atoms with Crippen molar-refractivity contribution in [2.24, 2.45) is 0 Å². The molecule has 3 aromatic rings. The molecule has 1 aromatic heterocycles. The van der Waals surface area contributed by atoms with Gasteiger partial charge in [-0.3, -0.25) is 4.79 Å². The lowest BCUT2D eigenvalue weighted by atomic mass is 9.97. The fourth-order valence-electron chi connectivity index (χ4n) is 4.31. The number of rotatable bonds is 4. The minimum absolute atomic E-state index is 0.141. The van der Waals surface area contributed by atoms with Gasteiger partial charge < -0.3 is 9.64 Å². The predicted molar refractivity (Wildman–Crippen MR) is 117 cm³/mol. The third kappa shape index (κ3) is 4.43. The molecule has 0 unspecified atom stereocenters. The zero-order valence-corrected chi connectivity index (χ0v) is 17.7. The van der Waals surface area contributed by atoms with Gasteiger partial charge in [-0.1, -0.05) is 18.2 Å². The monoisotopic (exact) mass is 420 g/mol. The van der Waals surface area contributed by atoms with Crippen LogP contribution in [-0.4, -0.2) is 40.5 Å². The average Bonchev–Trinajstić information content (AvgIpc) is 2.77. The second-order valence-electron chi connectivity index (χ2n) is 8.09. The number of carbonyl (C=O) groups is 2. The van der Waals surface area contributed by atoms with Crippen molar-refractivity contribution in [2.45, 2.75) is 45.2 Å². The molecule has 0 N–H and O–H groups in total. The fraction of sp³-hybridized carbons (Fsp3) is 0.320. The highest BCUT2D eigenvalue weighted by molar-refractivity contribution is 6.05. The van der Waals surface area contributed by atoms with Crippen molar-refractivity contribution in [1.29, 1.82) is 0 Å². The molecule has 0 bridgehead atoms. The Morgan fingerprint density at radius 1 is 1.06 bits per heavy atom. The van der Waals surface area contributed by atoms with Crippen LogP contribution in [0.25, 0.3) is 22.2 Å². The summed E-state index contributed by atoms with van der Waals surface area (Å²) in [4.78, 5) is 32.1. The second kappa shape index (κ2) is 8.84. The SMILES string of the molecule is C[C@@H]1CCC[C@H](C)N1C(=O)COC(=O)c1cc(-c2ccc(F)cc2)nc2ccccc12. The van der Waals surface area contributed by atoms with Crippen LogP contribution in [0.15, 0.2) is 54.6 Å². The number of hydrogen-bond donors (Lipinski definition) is 0. The van der Waals surface area contributed by atoms with Crippen LogP contribution in [0.4, 0.5) is 4.39 Å². The maximum Gasteiger partial charge on any atom is 0.339 e. The molecule has 5 nitrogen and oxygen atoms in total. The zero-order valence-electron chi connectivity index (χ0n) is 17.7. The lowest BCUT2D eigenvalue weighted by Gasteiger charge is -2.38. The van der Waals surface area contributed by atoms with E-state index < -0.39 is 5.97 Å². The van der Waals surface area contributed by atoms with Gasteiger partial charge in [-0.05, 0) is 69.5 Å². The molecule has 2 heterocycles. The van der Waals surface area contributed by atoms with Crippen LogP contribution in [0.2, 0.25) is 0 Å². The Morgan fingerprint density at radius 3 is 2.45 bits per heavy atom. The van der Waals surface area contributed by atoms with Crippen molar-refractivity contribution in [3.63, 3.8) is 0 Å². The number of likely N-dealkylation sites (tertiary alicyclic amines) is 1. The summed E-state index contributed by atoms with van der Waals surface area (Å²) in [6.07, 6.45) is 3.02. The Kier molecular flexibility index (Phi) is 5.98. The number of esters is 1. The van der Waals surface area contributed by atoms with E-state index in [9.17, 15) is 14.0 Å². The van der Waals surface area contributed by atoms with Gasteiger partial charge >= 0.3 is 5.97 Å².